The fraction of sp³-hybridized carbons (Fsp3) is 0.909. The zero-order valence-electron chi connectivity index (χ0n) is 8.05. The molecule has 68 valence electrons. The Bertz CT molecular complexity index is 187. The second-order valence-electron chi connectivity index (χ2n) is 4.67. The summed E-state index contributed by atoms with van der Waals surface area (Å²) >= 11 is 0. The van der Waals surface area contributed by atoms with Crippen molar-refractivity contribution in [1.29, 1.82) is 0 Å². The summed E-state index contributed by atoms with van der Waals surface area (Å²) in [5, 5.41) is 0. The lowest BCUT2D eigenvalue weighted by atomic mass is 9.58. The molecule has 0 aromatic carbocycles. The Morgan fingerprint density at radius 1 is 1.08 bits per heavy atom. The lowest BCUT2D eigenvalue weighted by molar-refractivity contribution is -0.129. The van der Waals surface area contributed by atoms with Crippen molar-refractivity contribution in [2.24, 2.45) is 23.7 Å². The number of hydrogen-bond acceptors (Lipinski definition) is 1. The van der Waals surface area contributed by atoms with Crippen LogP contribution >= 0.6 is 0 Å². The minimum atomic E-state index is 0.414. The third-order valence-corrected chi connectivity index (χ3v) is 4.10. The molecule has 1 unspecified atom stereocenters. The first kappa shape index (κ1) is 8.28. The van der Waals surface area contributed by atoms with E-state index in [1.165, 1.54) is 25.7 Å². The van der Waals surface area contributed by atoms with Gasteiger partial charge in [0.1, 0.15) is 5.78 Å². The largest absolute Gasteiger partial charge is 0.300 e. The molecule has 0 radical (unpaired) electrons. The van der Waals surface area contributed by atoms with E-state index in [1.807, 2.05) is 0 Å². The SMILES string of the molecule is CC(=O)[C@@H]1C2CCC(CC2)C1C. The van der Waals surface area contributed by atoms with E-state index in [1.54, 1.807) is 6.92 Å². The molecule has 2 atom stereocenters. The molecule has 3 rings (SSSR count). The van der Waals surface area contributed by atoms with Crippen LogP contribution in [0.4, 0.5) is 0 Å². The molecule has 3 aliphatic carbocycles. The lowest BCUT2D eigenvalue weighted by Gasteiger charge is -2.46. The van der Waals surface area contributed by atoms with Crippen LogP contribution < -0.4 is 0 Å². The highest BCUT2D eigenvalue weighted by Crippen LogP contribution is 2.48. The molecule has 1 heteroatoms. The Kier molecular flexibility index (Phi) is 1.97. The smallest absolute Gasteiger partial charge is 0.133 e. The molecule has 2 bridgehead atoms. The van der Waals surface area contributed by atoms with Crippen molar-refractivity contribution in [3.8, 4) is 0 Å². The zero-order valence-corrected chi connectivity index (χ0v) is 8.05. The molecule has 0 aromatic heterocycles. The molecule has 0 aliphatic heterocycles. The third-order valence-electron chi connectivity index (χ3n) is 4.10. The van der Waals surface area contributed by atoms with Gasteiger partial charge in [-0.2, -0.15) is 0 Å². The predicted octanol–water partition coefficient (Wildman–Crippen LogP) is 2.65. The lowest BCUT2D eigenvalue weighted by Crippen LogP contribution is -2.41. The van der Waals surface area contributed by atoms with Crippen LogP contribution in [0.3, 0.4) is 0 Å². The zero-order chi connectivity index (χ0) is 8.72. The van der Waals surface area contributed by atoms with Gasteiger partial charge in [-0.1, -0.05) is 6.92 Å². The minimum Gasteiger partial charge on any atom is -0.300 e. The van der Waals surface area contributed by atoms with Crippen LogP contribution in [0.2, 0.25) is 0 Å². The molecule has 3 saturated carbocycles. The van der Waals surface area contributed by atoms with E-state index in [0.717, 1.165) is 11.8 Å². The van der Waals surface area contributed by atoms with Crippen LogP contribution in [0, 0.1) is 23.7 Å². The first-order chi connectivity index (χ1) is 5.70. The van der Waals surface area contributed by atoms with E-state index in [9.17, 15) is 4.79 Å². The number of rotatable bonds is 1. The van der Waals surface area contributed by atoms with Crippen molar-refractivity contribution in [1.82, 2.24) is 0 Å². The van der Waals surface area contributed by atoms with Gasteiger partial charge in [-0.15, -0.1) is 0 Å². The number of ketones is 1. The summed E-state index contributed by atoms with van der Waals surface area (Å²) in [6, 6.07) is 0. The molecule has 0 spiro atoms. The van der Waals surface area contributed by atoms with Gasteiger partial charge in [0, 0.05) is 5.92 Å². The summed E-state index contributed by atoms with van der Waals surface area (Å²) in [7, 11) is 0. The van der Waals surface area contributed by atoms with Crippen molar-refractivity contribution >= 4 is 5.78 Å². The van der Waals surface area contributed by atoms with Crippen molar-refractivity contribution in [3.05, 3.63) is 0 Å². The minimum absolute atomic E-state index is 0.414. The first-order valence-corrected chi connectivity index (χ1v) is 5.20. The monoisotopic (exact) mass is 166 g/mol. The van der Waals surface area contributed by atoms with Crippen LogP contribution in [0.25, 0.3) is 0 Å². The van der Waals surface area contributed by atoms with Gasteiger partial charge in [0.05, 0.1) is 0 Å². The van der Waals surface area contributed by atoms with Crippen molar-refractivity contribution in [2.45, 2.75) is 39.5 Å². The predicted molar refractivity (Wildman–Crippen MR) is 48.8 cm³/mol. The van der Waals surface area contributed by atoms with Crippen LogP contribution in [-0.4, -0.2) is 5.78 Å². The summed E-state index contributed by atoms with van der Waals surface area (Å²) in [6.45, 7) is 4.06. The number of hydrogen-bond donors (Lipinski definition) is 0. The van der Waals surface area contributed by atoms with Crippen molar-refractivity contribution < 1.29 is 4.79 Å². The van der Waals surface area contributed by atoms with Gasteiger partial charge in [0.2, 0.25) is 0 Å². The molecule has 0 aromatic rings. The Hall–Kier alpha value is -0.330. The number of Topliss-reactive ketones (excluding diaryl/α,β-unsaturated/α-hetero) is 1. The molecule has 0 heterocycles. The Labute approximate surface area is 74.5 Å². The maximum absolute atomic E-state index is 11.4. The normalized spacial score (nSPS) is 46.2. The van der Waals surface area contributed by atoms with Gasteiger partial charge >= 0.3 is 0 Å². The maximum atomic E-state index is 11.4. The average Bonchev–Trinajstić information content (AvgIpc) is 2.05. The average molecular weight is 166 g/mol. The van der Waals surface area contributed by atoms with E-state index >= 15 is 0 Å². The van der Waals surface area contributed by atoms with E-state index in [4.69, 9.17) is 0 Å². The molecule has 3 aliphatic rings. The Morgan fingerprint density at radius 3 is 1.92 bits per heavy atom. The van der Waals surface area contributed by atoms with Gasteiger partial charge in [0.15, 0.2) is 0 Å². The summed E-state index contributed by atoms with van der Waals surface area (Å²) in [5.74, 6) is 3.13. The molecular formula is C11H18O. The fourth-order valence-corrected chi connectivity index (χ4v) is 3.45. The van der Waals surface area contributed by atoms with E-state index in [2.05, 4.69) is 6.92 Å². The number of fused-ring (bicyclic) bond motifs is 3. The highest BCUT2D eigenvalue weighted by Gasteiger charge is 2.42. The van der Waals surface area contributed by atoms with Gasteiger partial charge in [-0.05, 0) is 50.4 Å². The summed E-state index contributed by atoms with van der Waals surface area (Å²) in [4.78, 5) is 11.4. The molecule has 0 saturated heterocycles. The second-order valence-corrected chi connectivity index (χ2v) is 4.67. The van der Waals surface area contributed by atoms with Crippen molar-refractivity contribution in [3.63, 3.8) is 0 Å². The van der Waals surface area contributed by atoms with Gasteiger partial charge in [-0.3, -0.25) is 4.79 Å². The molecule has 12 heavy (non-hydrogen) atoms. The van der Waals surface area contributed by atoms with E-state index < -0.39 is 0 Å². The van der Waals surface area contributed by atoms with Gasteiger partial charge in [-0.25, -0.2) is 0 Å². The Morgan fingerprint density at radius 2 is 1.58 bits per heavy atom. The van der Waals surface area contributed by atoms with E-state index in [0.29, 0.717) is 17.6 Å². The third kappa shape index (κ3) is 1.10. The first-order valence-electron chi connectivity index (χ1n) is 5.20. The van der Waals surface area contributed by atoms with Crippen LogP contribution in [0.5, 0.6) is 0 Å². The summed E-state index contributed by atoms with van der Waals surface area (Å²) in [5.41, 5.74) is 0. The Balaban J connectivity index is 2.18. The summed E-state index contributed by atoms with van der Waals surface area (Å²) in [6.07, 6.45) is 5.41. The standard InChI is InChI=1S/C11H18O/c1-7-9-3-5-10(6-4-9)11(7)8(2)12/h7,9-11H,3-6H2,1-2H3/t7?,9?,10?,11-/m1/s1. The maximum Gasteiger partial charge on any atom is 0.133 e. The molecular weight excluding hydrogens is 148 g/mol. The van der Waals surface area contributed by atoms with Crippen molar-refractivity contribution in [2.75, 3.05) is 0 Å². The number of carbonyl (C=O) groups excluding carboxylic acids is 1. The molecule has 3 fully saturated rings. The number of carbonyl (C=O) groups is 1. The van der Waals surface area contributed by atoms with Gasteiger partial charge < -0.3 is 0 Å². The van der Waals surface area contributed by atoms with E-state index in [-0.39, 0.29) is 0 Å². The quantitative estimate of drug-likeness (QED) is 0.585. The highest BCUT2D eigenvalue weighted by atomic mass is 16.1. The topological polar surface area (TPSA) is 17.1 Å². The molecule has 0 N–H and O–H groups in total. The fourth-order valence-electron chi connectivity index (χ4n) is 3.45. The second kappa shape index (κ2) is 2.86. The highest BCUT2D eigenvalue weighted by molar-refractivity contribution is 5.79. The van der Waals surface area contributed by atoms with Crippen LogP contribution in [-0.2, 0) is 4.79 Å². The summed E-state index contributed by atoms with van der Waals surface area (Å²) < 4.78 is 0. The molecule has 1 nitrogen and oxygen atoms in total. The molecule has 0 amide bonds. The van der Waals surface area contributed by atoms with Crippen LogP contribution in [0.15, 0.2) is 0 Å². The van der Waals surface area contributed by atoms with Crippen LogP contribution in [0.1, 0.15) is 39.5 Å². The van der Waals surface area contributed by atoms with Gasteiger partial charge in [0.25, 0.3) is 0 Å².